The minimum atomic E-state index is 0.219. The third-order valence-corrected chi connectivity index (χ3v) is 5.37. The Balaban J connectivity index is 1.59. The summed E-state index contributed by atoms with van der Waals surface area (Å²) in [5.41, 5.74) is 0. The van der Waals surface area contributed by atoms with Gasteiger partial charge in [0.2, 0.25) is 5.91 Å². The van der Waals surface area contributed by atoms with E-state index >= 15 is 0 Å². The van der Waals surface area contributed by atoms with E-state index in [1.165, 1.54) is 0 Å². The molecule has 23 heavy (non-hydrogen) atoms. The number of rotatable bonds is 4. The highest BCUT2D eigenvalue weighted by Crippen LogP contribution is 2.27. The number of carbonyl (C=O) groups excluding carboxylic acids is 1. The highest BCUT2D eigenvalue weighted by Gasteiger charge is 2.28. The molecule has 2 aliphatic heterocycles. The molecule has 0 radical (unpaired) electrons. The molecule has 2 fully saturated rings. The Labute approximate surface area is 141 Å². The number of piperidine rings is 1. The number of thioether (sulfide) groups is 1. The molecule has 1 unspecified atom stereocenters. The average molecular weight is 339 g/mol. The molecule has 0 aliphatic carbocycles. The summed E-state index contributed by atoms with van der Waals surface area (Å²) in [6.45, 7) is 5.13. The van der Waals surface area contributed by atoms with Crippen LogP contribution in [-0.4, -0.2) is 82.7 Å². The van der Waals surface area contributed by atoms with Gasteiger partial charge in [-0.05, 0) is 25.6 Å². The molecule has 0 saturated carbocycles. The quantitative estimate of drug-likeness (QED) is 0.748. The zero-order valence-corrected chi connectivity index (χ0v) is 14.7. The van der Waals surface area contributed by atoms with Gasteiger partial charge in [0.15, 0.2) is 5.16 Å². The smallest absolute Gasteiger partial charge is 0.236 e. The maximum Gasteiger partial charge on any atom is 0.236 e. The largest absolute Gasteiger partial charge is 0.378 e. The van der Waals surface area contributed by atoms with Crippen LogP contribution in [0, 0.1) is 0 Å². The molecule has 2 saturated heterocycles. The summed E-state index contributed by atoms with van der Waals surface area (Å²) >= 11 is 1.61. The summed E-state index contributed by atoms with van der Waals surface area (Å²) in [5, 5.41) is 9.55. The summed E-state index contributed by atoms with van der Waals surface area (Å²) in [4.78, 5) is 16.6. The van der Waals surface area contributed by atoms with Gasteiger partial charge in [-0.3, -0.25) is 9.69 Å². The molecule has 0 aromatic carbocycles. The van der Waals surface area contributed by atoms with E-state index in [1.807, 2.05) is 18.2 Å². The van der Waals surface area contributed by atoms with Crippen molar-refractivity contribution in [2.24, 2.45) is 7.05 Å². The first-order valence-electron chi connectivity index (χ1n) is 8.20. The highest BCUT2D eigenvalue weighted by atomic mass is 32.2. The second-order valence-corrected chi connectivity index (χ2v) is 6.94. The first-order chi connectivity index (χ1) is 11.2. The molecule has 1 aromatic heterocycles. The lowest BCUT2D eigenvalue weighted by Crippen LogP contribution is -2.47. The van der Waals surface area contributed by atoms with E-state index in [0.717, 1.165) is 50.0 Å². The van der Waals surface area contributed by atoms with E-state index in [9.17, 15) is 4.79 Å². The Morgan fingerprint density at radius 3 is 2.78 bits per heavy atom. The molecule has 0 bridgehead atoms. The van der Waals surface area contributed by atoms with Gasteiger partial charge in [0.1, 0.15) is 5.82 Å². The average Bonchev–Trinajstić information content (AvgIpc) is 2.96. The van der Waals surface area contributed by atoms with Crippen molar-refractivity contribution in [2.45, 2.75) is 23.9 Å². The number of likely N-dealkylation sites (tertiary alicyclic amines) is 1. The van der Waals surface area contributed by atoms with Crippen LogP contribution in [0.1, 0.15) is 24.6 Å². The van der Waals surface area contributed by atoms with Crippen molar-refractivity contribution in [2.75, 3.05) is 52.2 Å². The van der Waals surface area contributed by atoms with Crippen LogP contribution in [0.15, 0.2) is 5.16 Å². The Morgan fingerprint density at radius 1 is 1.30 bits per heavy atom. The van der Waals surface area contributed by atoms with Gasteiger partial charge in [-0.25, -0.2) is 0 Å². The third-order valence-electron chi connectivity index (χ3n) is 4.64. The number of ether oxygens (including phenoxy) is 1. The normalized spacial score (nSPS) is 23.2. The molecule has 1 amide bonds. The van der Waals surface area contributed by atoms with E-state index in [1.54, 1.807) is 11.8 Å². The molecule has 0 spiro atoms. The van der Waals surface area contributed by atoms with E-state index in [-0.39, 0.29) is 5.91 Å². The number of hydrogen-bond acceptors (Lipinski definition) is 6. The summed E-state index contributed by atoms with van der Waals surface area (Å²) in [6, 6.07) is 0. The van der Waals surface area contributed by atoms with Gasteiger partial charge < -0.3 is 14.2 Å². The second-order valence-electron chi connectivity index (χ2n) is 6.17. The zero-order chi connectivity index (χ0) is 16.2. The fraction of sp³-hybridized carbons (Fsp3) is 0.800. The van der Waals surface area contributed by atoms with Crippen molar-refractivity contribution >= 4 is 17.7 Å². The number of amides is 1. The Kier molecular flexibility index (Phi) is 5.55. The predicted molar refractivity (Wildman–Crippen MR) is 88.6 cm³/mol. The van der Waals surface area contributed by atoms with Crippen molar-refractivity contribution in [1.82, 2.24) is 24.6 Å². The molecule has 128 valence electrons. The maximum atomic E-state index is 12.4. The third kappa shape index (κ3) is 3.87. The molecule has 1 aromatic rings. The van der Waals surface area contributed by atoms with Crippen LogP contribution in [0.25, 0.3) is 0 Å². The van der Waals surface area contributed by atoms with E-state index in [0.29, 0.717) is 25.7 Å². The van der Waals surface area contributed by atoms with Crippen LogP contribution in [0.4, 0.5) is 0 Å². The van der Waals surface area contributed by atoms with Gasteiger partial charge in [0.25, 0.3) is 0 Å². The lowest BCUT2D eigenvalue weighted by Gasteiger charge is -2.34. The van der Waals surface area contributed by atoms with Crippen LogP contribution < -0.4 is 0 Å². The molecule has 3 heterocycles. The van der Waals surface area contributed by atoms with Crippen molar-refractivity contribution in [3.63, 3.8) is 0 Å². The summed E-state index contributed by atoms with van der Waals surface area (Å²) in [5.74, 6) is 1.62. The van der Waals surface area contributed by atoms with Gasteiger partial charge in [0.05, 0.1) is 19.8 Å². The summed E-state index contributed by atoms with van der Waals surface area (Å²) in [7, 11) is 2.03. The number of morpholine rings is 1. The molecule has 1 atom stereocenters. The monoisotopic (exact) mass is 339 g/mol. The number of aromatic nitrogens is 3. The van der Waals surface area contributed by atoms with Crippen LogP contribution >= 0.6 is 11.8 Å². The van der Waals surface area contributed by atoms with Gasteiger partial charge in [-0.15, -0.1) is 10.2 Å². The van der Waals surface area contributed by atoms with E-state index < -0.39 is 0 Å². The molecule has 0 N–H and O–H groups in total. The molecular formula is C15H25N5O2S. The Bertz CT molecular complexity index is 544. The van der Waals surface area contributed by atoms with Crippen LogP contribution in [0.3, 0.4) is 0 Å². The van der Waals surface area contributed by atoms with Crippen molar-refractivity contribution in [1.29, 1.82) is 0 Å². The molecule has 3 rings (SSSR count). The standard InChI is InChI=1S/C15H25N5O2S/c1-18-14(16-17-15(18)23-2)12-4-3-5-19(10-12)11-13(21)20-6-8-22-9-7-20/h12H,3-11H2,1-2H3. The first kappa shape index (κ1) is 16.7. The van der Waals surface area contributed by atoms with Crippen molar-refractivity contribution < 1.29 is 9.53 Å². The Morgan fingerprint density at radius 2 is 2.09 bits per heavy atom. The van der Waals surface area contributed by atoms with E-state index in [2.05, 4.69) is 19.7 Å². The maximum absolute atomic E-state index is 12.4. The fourth-order valence-corrected chi connectivity index (χ4v) is 3.86. The van der Waals surface area contributed by atoms with Crippen LogP contribution in [-0.2, 0) is 16.6 Å². The van der Waals surface area contributed by atoms with Gasteiger partial charge in [-0.1, -0.05) is 11.8 Å². The molecule has 8 heteroatoms. The fourth-order valence-electron chi connectivity index (χ4n) is 3.37. The molecule has 7 nitrogen and oxygen atoms in total. The molecular weight excluding hydrogens is 314 g/mol. The van der Waals surface area contributed by atoms with Crippen molar-refractivity contribution in [3.8, 4) is 0 Å². The zero-order valence-electron chi connectivity index (χ0n) is 13.9. The highest BCUT2D eigenvalue weighted by molar-refractivity contribution is 7.98. The lowest BCUT2D eigenvalue weighted by molar-refractivity contribution is -0.136. The minimum Gasteiger partial charge on any atom is -0.378 e. The number of carbonyl (C=O) groups is 1. The number of nitrogens with zero attached hydrogens (tertiary/aromatic N) is 5. The lowest BCUT2D eigenvalue weighted by atomic mass is 9.97. The van der Waals surface area contributed by atoms with Gasteiger partial charge in [0, 0.05) is 32.6 Å². The second kappa shape index (κ2) is 7.63. The minimum absolute atomic E-state index is 0.219. The topological polar surface area (TPSA) is 63.5 Å². The Hall–Kier alpha value is -1.12. The first-order valence-corrected chi connectivity index (χ1v) is 9.42. The van der Waals surface area contributed by atoms with Gasteiger partial charge in [-0.2, -0.15) is 0 Å². The summed E-state index contributed by atoms with van der Waals surface area (Å²) in [6.07, 6.45) is 4.23. The van der Waals surface area contributed by atoms with E-state index in [4.69, 9.17) is 4.74 Å². The van der Waals surface area contributed by atoms with Crippen LogP contribution in [0.5, 0.6) is 0 Å². The SMILES string of the molecule is CSc1nnc(C2CCCN(CC(=O)N3CCOCC3)C2)n1C. The van der Waals surface area contributed by atoms with Gasteiger partial charge >= 0.3 is 0 Å². The van der Waals surface area contributed by atoms with Crippen molar-refractivity contribution in [3.05, 3.63) is 5.82 Å². The molecule has 2 aliphatic rings. The van der Waals surface area contributed by atoms with Crippen LogP contribution in [0.2, 0.25) is 0 Å². The summed E-state index contributed by atoms with van der Waals surface area (Å²) < 4.78 is 7.40. The number of hydrogen-bond donors (Lipinski definition) is 0. The predicted octanol–water partition coefficient (Wildman–Crippen LogP) is 0.575.